The van der Waals surface area contributed by atoms with Crippen molar-refractivity contribution in [1.29, 1.82) is 0 Å². The Balaban J connectivity index is 2.92. The monoisotopic (exact) mass is 286 g/mol. The Kier molecular flexibility index (Phi) is 5.35. The van der Waals surface area contributed by atoms with E-state index in [9.17, 15) is 0 Å². The summed E-state index contributed by atoms with van der Waals surface area (Å²) in [6.07, 6.45) is 2.57. The van der Waals surface area contributed by atoms with E-state index >= 15 is 0 Å². The Morgan fingerprint density at radius 3 is 2.81 bits per heavy atom. The quantitative estimate of drug-likeness (QED) is 0.646. The van der Waals surface area contributed by atoms with E-state index in [1.54, 1.807) is 19.3 Å². The summed E-state index contributed by atoms with van der Waals surface area (Å²) >= 11 is 3.39. The SMILES string of the molecule is C=CCCOc1c(Br)cc(CO)cc1OC. The van der Waals surface area contributed by atoms with Gasteiger partial charge in [-0.3, -0.25) is 0 Å². The highest BCUT2D eigenvalue weighted by molar-refractivity contribution is 9.10. The molecule has 0 aliphatic heterocycles. The summed E-state index contributed by atoms with van der Waals surface area (Å²) in [5.41, 5.74) is 0.778. The largest absolute Gasteiger partial charge is 0.493 e. The zero-order chi connectivity index (χ0) is 12.0. The van der Waals surface area contributed by atoms with Crippen LogP contribution in [0.3, 0.4) is 0 Å². The molecule has 0 aliphatic carbocycles. The summed E-state index contributed by atoms with van der Waals surface area (Å²) in [5, 5.41) is 9.06. The van der Waals surface area contributed by atoms with Gasteiger partial charge in [-0.05, 0) is 40.0 Å². The molecule has 0 atom stereocenters. The number of ether oxygens (including phenoxy) is 2. The molecule has 0 unspecified atom stereocenters. The third kappa shape index (κ3) is 3.25. The van der Waals surface area contributed by atoms with Crippen LogP contribution in [-0.2, 0) is 6.61 Å². The fourth-order valence-corrected chi connectivity index (χ4v) is 1.85. The minimum Gasteiger partial charge on any atom is -0.493 e. The summed E-state index contributed by atoms with van der Waals surface area (Å²) < 4.78 is 11.6. The van der Waals surface area contributed by atoms with Crippen molar-refractivity contribution in [2.75, 3.05) is 13.7 Å². The first-order valence-corrected chi connectivity index (χ1v) is 5.73. The van der Waals surface area contributed by atoms with Gasteiger partial charge >= 0.3 is 0 Å². The van der Waals surface area contributed by atoms with Crippen LogP contribution in [0.15, 0.2) is 29.3 Å². The first kappa shape index (κ1) is 13.1. The zero-order valence-electron chi connectivity index (χ0n) is 9.20. The molecule has 0 heterocycles. The maximum absolute atomic E-state index is 9.06. The molecule has 88 valence electrons. The Bertz CT molecular complexity index is 364. The van der Waals surface area contributed by atoms with Crippen LogP contribution in [0.1, 0.15) is 12.0 Å². The van der Waals surface area contributed by atoms with Crippen molar-refractivity contribution in [3.63, 3.8) is 0 Å². The summed E-state index contributed by atoms with van der Waals surface area (Å²) in [6, 6.07) is 3.57. The van der Waals surface area contributed by atoms with Crippen molar-refractivity contribution < 1.29 is 14.6 Å². The van der Waals surface area contributed by atoms with Gasteiger partial charge in [-0.1, -0.05) is 6.08 Å². The van der Waals surface area contributed by atoms with E-state index in [0.717, 1.165) is 16.5 Å². The molecule has 1 aromatic carbocycles. The fourth-order valence-electron chi connectivity index (χ4n) is 1.25. The molecule has 0 spiro atoms. The number of benzene rings is 1. The molecule has 1 aromatic rings. The standard InChI is InChI=1S/C12H15BrO3/c1-3-4-5-16-12-10(13)6-9(8-14)7-11(12)15-2/h3,6-7,14H,1,4-5,8H2,2H3. The third-order valence-corrected chi connectivity index (χ3v) is 2.63. The van der Waals surface area contributed by atoms with Crippen LogP contribution < -0.4 is 9.47 Å². The minimum absolute atomic E-state index is 0.0259. The summed E-state index contributed by atoms with van der Waals surface area (Å²) in [7, 11) is 1.57. The molecule has 1 rings (SSSR count). The van der Waals surface area contributed by atoms with E-state index in [2.05, 4.69) is 22.5 Å². The predicted molar refractivity (Wildman–Crippen MR) is 66.9 cm³/mol. The lowest BCUT2D eigenvalue weighted by molar-refractivity contribution is 0.277. The van der Waals surface area contributed by atoms with Gasteiger partial charge in [0.05, 0.1) is 24.8 Å². The third-order valence-electron chi connectivity index (χ3n) is 2.04. The molecule has 16 heavy (non-hydrogen) atoms. The Morgan fingerprint density at radius 1 is 1.50 bits per heavy atom. The highest BCUT2D eigenvalue weighted by atomic mass is 79.9. The van der Waals surface area contributed by atoms with E-state index in [1.165, 1.54) is 0 Å². The van der Waals surface area contributed by atoms with Gasteiger partial charge in [-0.15, -0.1) is 6.58 Å². The highest BCUT2D eigenvalue weighted by Gasteiger charge is 2.10. The zero-order valence-corrected chi connectivity index (χ0v) is 10.8. The van der Waals surface area contributed by atoms with Gasteiger partial charge in [0.15, 0.2) is 11.5 Å². The Labute approximate surface area is 104 Å². The van der Waals surface area contributed by atoms with Crippen molar-refractivity contribution in [3.8, 4) is 11.5 Å². The average Bonchev–Trinajstić information content (AvgIpc) is 2.30. The van der Waals surface area contributed by atoms with Crippen molar-refractivity contribution in [2.45, 2.75) is 13.0 Å². The highest BCUT2D eigenvalue weighted by Crippen LogP contribution is 2.36. The van der Waals surface area contributed by atoms with Crippen LogP contribution in [0, 0.1) is 0 Å². The number of methoxy groups -OCH3 is 1. The smallest absolute Gasteiger partial charge is 0.175 e. The second-order valence-corrected chi connectivity index (χ2v) is 4.05. The topological polar surface area (TPSA) is 38.7 Å². The Morgan fingerprint density at radius 2 is 2.25 bits per heavy atom. The first-order valence-electron chi connectivity index (χ1n) is 4.94. The van der Waals surface area contributed by atoms with Crippen molar-refractivity contribution in [3.05, 3.63) is 34.8 Å². The van der Waals surface area contributed by atoms with Gasteiger partial charge < -0.3 is 14.6 Å². The number of rotatable bonds is 6. The fraction of sp³-hybridized carbons (Fsp3) is 0.333. The van der Waals surface area contributed by atoms with Crippen molar-refractivity contribution >= 4 is 15.9 Å². The summed E-state index contributed by atoms with van der Waals surface area (Å²) in [4.78, 5) is 0. The molecule has 3 nitrogen and oxygen atoms in total. The molecular weight excluding hydrogens is 272 g/mol. The van der Waals surface area contributed by atoms with Crippen molar-refractivity contribution in [2.24, 2.45) is 0 Å². The number of hydrogen-bond donors (Lipinski definition) is 1. The van der Waals surface area contributed by atoms with Gasteiger partial charge in [0.25, 0.3) is 0 Å². The number of hydrogen-bond acceptors (Lipinski definition) is 3. The molecule has 1 N–H and O–H groups in total. The van der Waals surface area contributed by atoms with Crippen LogP contribution in [0.5, 0.6) is 11.5 Å². The van der Waals surface area contributed by atoms with Gasteiger partial charge in [0.1, 0.15) is 0 Å². The number of halogens is 1. The molecule has 0 amide bonds. The predicted octanol–water partition coefficient (Wildman–Crippen LogP) is 2.90. The molecule has 4 heteroatoms. The molecule has 0 aromatic heterocycles. The number of aliphatic hydroxyl groups excluding tert-OH is 1. The lowest BCUT2D eigenvalue weighted by atomic mass is 10.2. The van der Waals surface area contributed by atoms with Crippen LogP contribution in [0.4, 0.5) is 0 Å². The van der Waals surface area contributed by atoms with Gasteiger partial charge in [-0.2, -0.15) is 0 Å². The summed E-state index contributed by atoms with van der Waals surface area (Å²) in [6.45, 7) is 4.15. The van der Waals surface area contributed by atoms with E-state index in [1.807, 2.05) is 6.07 Å². The Hall–Kier alpha value is -1.00. The van der Waals surface area contributed by atoms with Gasteiger partial charge in [0, 0.05) is 0 Å². The van der Waals surface area contributed by atoms with E-state index in [-0.39, 0.29) is 6.61 Å². The second kappa shape index (κ2) is 6.55. The van der Waals surface area contributed by atoms with Gasteiger partial charge in [-0.25, -0.2) is 0 Å². The molecule has 0 radical (unpaired) electrons. The second-order valence-electron chi connectivity index (χ2n) is 3.19. The minimum atomic E-state index is -0.0259. The van der Waals surface area contributed by atoms with Crippen molar-refractivity contribution in [1.82, 2.24) is 0 Å². The van der Waals surface area contributed by atoms with Crippen LogP contribution in [0.25, 0.3) is 0 Å². The van der Waals surface area contributed by atoms with Crippen LogP contribution in [-0.4, -0.2) is 18.8 Å². The van der Waals surface area contributed by atoms with Crippen LogP contribution in [0.2, 0.25) is 0 Å². The van der Waals surface area contributed by atoms with E-state index in [4.69, 9.17) is 14.6 Å². The lowest BCUT2D eigenvalue weighted by Gasteiger charge is -2.13. The molecule has 0 saturated carbocycles. The normalized spacial score (nSPS) is 9.94. The van der Waals surface area contributed by atoms with E-state index in [0.29, 0.717) is 18.1 Å². The van der Waals surface area contributed by atoms with Gasteiger partial charge in [0.2, 0.25) is 0 Å². The molecule has 0 aliphatic rings. The number of aliphatic hydroxyl groups is 1. The maximum atomic E-state index is 9.06. The molecule has 0 saturated heterocycles. The molecule has 0 bridgehead atoms. The molecular formula is C12H15BrO3. The molecule has 0 fully saturated rings. The summed E-state index contributed by atoms with van der Waals surface area (Å²) in [5.74, 6) is 1.27. The van der Waals surface area contributed by atoms with Crippen LogP contribution >= 0.6 is 15.9 Å². The average molecular weight is 287 g/mol. The van der Waals surface area contributed by atoms with E-state index < -0.39 is 0 Å². The first-order chi connectivity index (χ1) is 7.72. The maximum Gasteiger partial charge on any atom is 0.175 e. The lowest BCUT2D eigenvalue weighted by Crippen LogP contribution is -2.00.